The van der Waals surface area contributed by atoms with Crippen LogP contribution in [0.15, 0.2) is 12.1 Å². The highest BCUT2D eigenvalue weighted by atomic mass is 35.5. The zero-order valence-corrected chi connectivity index (χ0v) is 13.6. The van der Waals surface area contributed by atoms with Crippen molar-refractivity contribution in [1.29, 1.82) is 0 Å². The second-order valence-electron chi connectivity index (χ2n) is 6.13. The zero-order chi connectivity index (χ0) is 15.6. The molecule has 0 spiro atoms. The molecule has 2 heterocycles. The number of halogens is 1. The number of piperidine rings is 1. The fourth-order valence-electron chi connectivity index (χ4n) is 2.70. The van der Waals surface area contributed by atoms with Crippen molar-refractivity contribution >= 4 is 17.5 Å². The van der Waals surface area contributed by atoms with Crippen LogP contribution in [-0.4, -0.2) is 40.1 Å². The first kappa shape index (κ1) is 16.2. The number of aromatic nitrogens is 1. The van der Waals surface area contributed by atoms with E-state index in [4.69, 9.17) is 11.6 Å². The number of hydrogen-bond acceptors (Lipinski definition) is 3. The van der Waals surface area contributed by atoms with Gasteiger partial charge < -0.3 is 10.0 Å². The molecule has 2 rings (SSSR count). The maximum atomic E-state index is 12.6. The van der Waals surface area contributed by atoms with E-state index in [1.54, 1.807) is 6.07 Å². The maximum Gasteiger partial charge on any atom is 0.254 e. The van der Waals surface area contributed by atoms with Crippen LogP contribution in [0.3, 0.4) is 0 Å². The normalized spacial score (nSPS) is 18.1. The van der Waals surface area contributed by atoms with Gasteiger partial charge in [0.15, 0.2) is 0 Å². The number of pyridine rings is 1. The summed E-state index contributed by atoms with van der Waals surface area (Å²) in [5, 5.41) is 9.99. The number of carbonyl (C=O) groups is 1. The third-order valence-corrected chi connectivity index (χ3v) is 4.36. The van der Waals surface area contributed by atoms with Crippen molar-refractivity contribution in [3.05, 3.63) is 28.5 Å². The van der Waals surface area contributed by atoms with E-state index in [0.29, 0.717) is 29.7 Å². The molecule has 1 amide bonds. The van der Waals surface area contributed by atoms with Gasteiger partial charge in [-0.1, -0.05) is 25.4 Å². The molecule has 1 aliphatic heterocycles. The lowest BCUT2D eigenvalue weighted by Crippen LogP contribution is -2.40. The van der Waals surface area contributed by atoms with Gasteiger partial charge in [-0.25, -0.2) is 4.98 Å². The minimum Gasteiger partial charge on any atom is -0.393 e. The molecular weight excluding hydrogens is 288 g/mol. The Morgan fingerprint density at radius 3 is 2.48 bits per heavy atom. The lowest BCUT2D eigenvalue weighted by Gasteiger charge is -2.33. The van der Waals surface area contributed by atoms with Crippen molar-refractivity contribution in [2.75, 3.05) is 13.1 Å². The van der Waals surface area contributed by atoms with Crippen molar-refractivity contribution in [3.63, 3.8) is 0 Å². The van der Waals surface area contributed by atoms with Crippen LogP contribution in [0.5, 0.6) is 0 Å². The van der Waals surface area contributed by atoms with Crippen molar-refractivity contribution in [2.45, 2.75) is 45.6 Å². The van der Waals surface area contributed by atoms with Gasteiger partial charge in [0, 0.05) is 24.3 Å². The van der Waals surface area contributed by atoms with Crippen LogP contribution in [0.1, 0.15) is 55.6 Å². The Bertz CT molecular complexity index is 509. The predicted octanol–water partition coefficient (Wildman–Crippen LogP) is 3.09. The molecule has 4 nitrogen and oxygen atoms in total. The first-order valence-electron chi connectivity index (χ1n) is 7.53. The lowest BCUT2D eigenvalue weighted by atomic mass is 9.92. The summed E-state index contributed by atoms with van der Waals surface area (Å²) in [7, 11) is 0. The highest BCUT2D eigenvalue weighted by molar-refractivity contribution is 6.29. The minimum atomic E-state index is -0.301. The Labute approximate surface area is 131 Å². The Balaban J connectivity index is 2.11. The topological polar surface area (TPSA) is 53.4 Å². The van der Waals surface area contributed by atoms with Gasteiger partial charge in [0.1, 0.15) is 5.15 Å². The van der Waals surface area contributed by atoms with Crippen molar-refractivity contribution in [1.82, 2.24) is 9.88 Å². The number of aliphatic hydroxyl groups is 1. The summed E-state index contributed by atoms with van der Waals surface area (Å²) in [5.41, 5.74) is 1.44. The second-order valence-corrected chi connectivity index (χ2v) is 6.52. The van der Waals surface area contributed by atoms with Gasteiger partial charge in [-0.3, -0.25) is 4.79 Å². The molecule has 0 saturated carbocycles. The molecule has 1 aromatic heterocycles. The number of rotatable bonds is 3. The molecular formula is C16H23ClN2O2. The Hall–Kier alpha value is -1.13. The van der Waals surface area contributed by atoms with Gasteiger partial charge in [-0.2, -0.15) is 0 Å². The Morgan fingerprint density at radius 1 is 1.33 bits per heavy atom. The van der Waals surface area contributed by atoms with E-state index in [9.17, 15) is 9.90 Å². The molecule has 21 heavy (non-hydrogen) atoms. The van der Waals surface area contributed by atoms with Gasteiger partial charge in [-0.05, 0) is 43.7 Å². The number of nitrogens with zero attached hydrogens (tertiary/aromatic N) is 2. The lowest BCUT2D eigenvalue weighted by molar-refractivity contribution is 0.0521. The fraction of sp³-hybridized carbons (Fsp3) is 0.625. The monoisotopic (exact) mass is 310 g/mol. The van der Waals surface area contributed by atoms with E-state index in [2.05, 4.69) is 4.98 Å². The van der Waals surface area contributed by atoms with E-state index in [0.717, 1.165) is 18.5 Å². The van der Waals surface area contributed by atoms with Crippen molar-refractivity contribution in [3.8, 4) is 0 Å². The SMILES string of the molecule is CC(C)c1cc(C(=O)N2CCC(C(C)O)CC2)cc(Cl)n1. The van der Waals surface area contributed by atoms with Crippen LogP contribution in [0.2, 0.25) is 5.15 Å². The smallest absolute Gasteiger partial charge is 0.254 e. The molecule has 1 saturated heterocycles. The zero-order valence-electron chi connectivity index (χ0n) is 12.8. The van der Waals surface area contributed by atoms with Crippen LogP contribution < -0.4 is 0 Å². The summed E-state index contributed by atoms with van der Waals surface area (Å²) in [6, 6.07) is 3.47. The molecule has 1 aliphatic rings. The molecule has 1 atom stereocenters. The molecule has 1 fully saturated rings. The highest BCUT2D eigenvalue weighted by Gasteiger charge is 2.26. The Morgan fingerprint density at radius 2 is 1.95 bits per heavy atom. The van der Waals surface area contributed by atoms with E-state index in [1.165, 1.54) is 0 Å². The predicted molar refractivity (Wildman–Crippen MR) is 83.6 cm³/mol. The molecule has 1 N–H and O–H groups in total. The highest BCUT2D eigenvalue weighted by Crippen LogP contribution is 2.23. The van der Waals surface area contributed by atoms with E-state index < -0.39 is 0 Å². The molecule has 0 radical (unpaired) electrons. The summed E-state index contributed by atoms with van der Waals surface area (Å²) in [6.07, 6.45) is 1.39. The Kier molecular flexibility index (Phi) is 5.22. The summed E-state index contributed by atoms with van der Waals surface area (Å²) in [6.45, 7) is 7.25. The summed E-state index contributed by atoms with van der Waals surface area (Å²) < 4.78 is 0. The molecule has 5 heteroatoms. The average Bonchev–Trinajstić information content (AvgIpc) is 2.45. The van der Waals surface area contributed by atoms with Gasteiger partial charge in [0.25, 0.3) is 5.91 Å². The molecule has 1 unspecified atom stereocenters. The van der Waals surface area contributed by atoms with Gasteiger partial charge in [-0.15, -0.1) is 0 Å². The van der Waals surface area contributed by atoms with Crippen LogP contribution in [-0.2, 0) is 0 Å². The average molecular weight is 311 g/mol. The fourth-order valence-corrected chi connectivity index (χ4v) is 2.92. The van der Waals surface area contributed by atoms with E-state index in [-0.39, 0.29) is 17.9 Å². The summed E-state index contributed by atoms with van der Waals surface area (Å²) >= 11 is 6.03. The van der Waals surface area contributed by atoms with E-state index in [1.807, 2.05) is 31.7 Å². The molecule has 116 valence electrons. The number of amides is 1. The summed E-state index contributed by atoms with van der Waals surface area (Å²) in [5.74, 6) is 0.530. The van der Waals surface area contributed by atoms with E-state index >= 15 is 0 Å². The standard InChI is InChI=1S/C16H23ClN2O2/c1-10(2)14-8-13(9-15(17)18-14)16(21)19-6-4-12(5-7-19)11(3)20/h8-12,20H,4-7H2,1-3H3. The van der Waals surface area contributed by atoms with Gasteiger partial charge in [0.05, 0.1) is 6.10 Å². The molecule has 0 bridgehead atoms. The van der Waals surface area contributed by atoms with Gasteiger partial charge >= 0.3 is 0 Å². The number of carbonyl (C=O) groups excluding carboxylic acids is 1. The van der Waals surface area contributed by atoms with Crippen molar-refractivity contribution < 1.29 is 9.90 Å². The van der Waals surface area contributed by atoms with Gasteiger partial charge in [0.2, 0.25) is 0 Å². The first-order chi connectivity index (χ1) is 9.88. The number of likely N-dealkylation sites (tertiary alicyclic amines) is 1. The minimum absolute atomic E-state index is 0.00485. The van der Waals surface area contributed by atoms with Crippen LogP contribution in [0.4, 0.5) is 0 Å². The van der Waals surface area contributed by atoms with Crippen LogP contribution in [0.25, 0.3) is 0 Å². The first-order valence-corrected chi connectivity index (χ1v) is 7.91. The van der Waals surface area contributed by atoms with Crippen LogP contribution >= 0.6 is 11.6 Å². The van der Waals surface area contributed by atoms with Crippen LogP contribution in [0, 0.1) is 5.92 Å². The summed E-state index contributed by atoms with van der Waals surface area (Å²) in [4.78, 5) is 18.7. The quantitative estimate of drug-likeness (QED) is 0.873. The number of hydrogen-bond donors (Lipinski definition) is 1. The maximum absolute atomic E-state index is 12.6. The molecule has 1 aromatic rings. The number of aliphatic hydroxyl groups excluding tert-OH is 1. The largest absolute Gasteiger partial charge is 0.393 e. The third-order valence-electron chi connectivity index (χ3n) is 4.16. The third kappa shape index (κ3) is 3.95. The molecule has 0 aliphatic carbocycles. The molecule has 0 aromatic carbocycles. The van der Waals surface area contributed by atoms with Crippen molar-refractivity contribution in [2.24, 2.45) is 5.92 Å². The second kappa shape index (κ2) is 6.75.